The molecule has 0 unspecified atom stereocenters. The van der Waals surface area contributed by atoms with Crippen LogP contribution in [0, 0.1) is 0 Å². The molecule has 0 atom stereocenters. The van der Waals surface area contributed by atoms with Crippen molar-refractivity contribution in [3.05, 3.63) is 170 Å². The number of hydrogen-bond acceptors (Lipinski definition) is 4. The average Bonchev–Trinajstić information content (AvgIpc) is 3.22. The number of fused-ring (bicyclic) bond motifs is 2. The minimum Gasteiger partial charge on any atom is -0.265 e. The van der Waals surface area contributed by atoms with Crippen molar-refractivity contribution in [3.8, 4) is 45.3 Å². The molecule has 11 aromatic rings. The Hall–Kier alpha value is -7.04. The number of aromatic nitrogens is 4. The maximum Gasteiger partial charge on any atom is 0.164 e. The molecule has 0 saturated heterocycles. The second-order valence-corrected chi connectivity index (χ2v) is 13.4. The predicted molar refractivity (Wildman–Crippen MR) is 216 cm³/mol. The van der Waals surface area contributed by atoms with Crippen LogP contribution in [0.1, 0.15) is 0 Å². The monoisotopic (exact) mass is 660 g/mol. The van der Waals surface area contributed by atoms with Crippen molar-refractivity contribution in [2.24, 2.45) is 0 Å². The van der Waals surface area contributed by atoms with Crippen LogP contribution >= 0.6 is 0 Å². The van der Waals surface area contributed by atoms with Crippen molar-refractivity contribution in [3.63, 3.8) is 0 Å². The second-order valence-electron chi connectivity index (χ2n) is 13.4. The van der Waals surface area contributed by atoms with Crippen LogP contribution in [0.5, 0.6) is 0 Å². The Morgan fingerprint density at radius 2 is 0.788 bits per heavy atom. The van der Waals surface area contributed by atoms with Gasteiger partial charge in [-0.25, -0.2) is 15.0 Å². The predicted octanol–water partition coefficient (Wildman–Crippen LogP) is 12.3. The number of nitrogens with zero attached hydrogens (tertiary/aromatic N) is 4. The summed E-state index contributed by atoms with van der Waals surface area (Å²) in [6.45, 7) is 0. The lowest BCUT2D eigenvalue weighted by Crippen LogP contribution is -2.01. The van der Waals surface area contributed by atoms with Crippen LogP contribution < -0.4 is 0 Å². The van der Waals surface area contributed by atoms with Gasteiger partial charge >= 0.3 is 0 Å². The molecule has 52 heavy (non-hydrogen) atoms. The zero-order chi connectivity index (χ0) is 34.2. The molecule has 240 valence electrons. The highest BCUT2D eigenvalue weighted by molar-refractivity contribution is 6.37. The quantitative estimate of drug-likeness (QED) is 0.176. The lowest BCUT2D eigenvalue weighted by Gasteiger charge is -2.17. The van der Waals surface area contributed by atoms with Gasteiger partial charge in [-0.15, -0.1) is 0 Å². The fourth-order valence-corrected chi connectivity index (χ4v) is 8.22. The van der Waals surface area contributed by atoms with Crippen molar-refractivity contribution in [2.45, 2.75) is 0 Å². The number of pyridine rings is 1. The Balaban J connectivity index is 1.28. The molecule has 0 amide bonds. The Morgan fingerprint density at radius 3 is 1.42 bits per heavy atom. The van der Waals surface area contributed by atoms with Gasteiger partial charge in [0.15, 0.2) is 17.5 Å². The van der Waals surface area contributed by atoms with E-state index in [0.29, 0.717) is 17.5 Å². The van der Waals surface area contributed by atoms with E-state index in [1.165, 1.54) is 59.2 Å². The summed E-state index contributed by atoms with van der Waals surface area (Å²) in [6.07, 6.45) is 3.64. The summed E-state index contributed by atoms with van der Waals surface area (Å²) in [4.78, 5) is 19.8. The van der Waals surface area contributed by atoms with E-state index >= 15 is 0 Å². The number of rotatable bonds is 4. The maximum absolute atomic E-state index is 5.27. The SMILES string of the molecule is c1ccc(-c2nc(-c3cc4ccc5cccc6c7cccc8ccc9cccc(c(c3)c4c56)c9c87)nc(-c3ccccc3-c3ccncc3)n2)cc1. The fourth-order valence-electron chi connectivity index (χ4n) is 8.22. The first kappa shape index (κ1) is 28.8. The average molecular weight is 661 g/mol. The zero-order valence-electron chi connectivity index (χ0n) is 28.0. The number of benzene rings is 8. The summed E-state index contributed by atoms with van der Waals surface area (Å²) in [5.74, 6) is 1.89. The molecular weight excluding hydrogens is 633 g/mol. The second kappa shape index (κ2) is 11.2. The van der Waals surface area contributed by atoms with Crippen molar-refractivity contribution >= 4 is 64.6 Å². The van der Waals surface area contributed by atoms with Crippen LogP contribution in [-0.2, 0) is 0 Å². The molecule has 2 aromatic heterocycles. The molecule has 4 heteroatoms. The van der Waals surface area contributed by atoms with E-state index in [9.17, 15) is 0 Å². The van der Waals surface area contributed by atoms with E-state index in [1.807, 2.05) is 48.8 Å². The lowest BCUT2D eigenvalue weighted by atomic mass is 9.87. The molecule has 11 rings (SSSR count). The van der Waals surface area contributed by atoms with Gasteiger partial charge in [0.1, 0.15) is 0 Å². The van der Waals surface area contributed by atoms with Crippen LogP contribution in [0.25, 0.3) is 110 Å². The molecule has 0 aliphatic rings. The molecule has 0 spiro atoms. The maximum atomic E-state index is 5.27. The van der Waals surface area contributed by atoms with Crippen molar-refractivity contribution in [1.82, 2.24) is 19.9 Å². The molecule has 0 fully saturated rings. The van der Waals surface area contributed by atoms with E-state index in [0.717, 1.165) is 33.2 Å². The molecule has 2 heterocycles. The summed E-state index contributed by atoms with van der Waals surface area (Å²) in [5.41, 5.74) is 4.92. The summed E-state index contributed by atoms with van der Waals surface area (Å²) in [7, 11) is 0. The standard InChI is InChI=1S/C48H28N4/c1-2-9-33(10-3-1)46-50-47(52-48(51-46)40-15-5-4-14-36(40)29-23-25-49-26-24-29)35-27-34-22-21-32-12-7-17-38-37-16-6-11-30-19-20-31-13-8-18-39(44(31)42(30)37)41(28-35)45(34)43(32)38/h1-28H. The summed E-state index contributed by atoms with van der Waals surface area (Å²) >= 11 is 0. The van der Waals surface area contributed by atoms with Gasteiger partial charge in [-0.2, -0.15) is 0 Å². The molecule has 0 radical (unpaired) electrons. The third kappa shape index (κ3) is 4.34. The Labute approximate surface area is 299 Å². The highest BCUT2D eigenvalue weighted by Gasteiger charge is 2.19. The Bertz CT molecular complexity index is 3170. The van der Waals surface area contributed by atoms with Gasteiger partial charge in [0.25, 0.3) is 0 Å². The first-order valence-corrected chi connectivity index (χ1v) is 17.5. The van der Waals surface area contributed by atoms with E-state index in [-0.39, 0.29) is 0 Å². The minimum atomic E-state index is 0.626. The largest absolute Gasteiger partial charge is 0.265 e. The molecule has 9 aromatic carbocycles. The smallest absolute Gasteiger partial charge is 0.164 e. The van der Waals surface area contributed by atoms with Crippen LogP contribution in [-0.4, -0.2) is 19.9 Å². The van der Waals surface area contributed by atoms with E-state index in [4.69, 9.17) is 15.0 Å². The first-order chi connectivity index (χ1) is 25.8. The van der Waals surface area contributed by atoms with Gasteiger partial charge in [0.2, 0.25) is 0 Å². The van der Waals surface area contributed by atoms with Gasteiger partial charge in [0.05, 0.1) is 0 Å². The van der Waals surface area contributed by atoms with Crippen LogP contribution in [0.4, 0.5) is 0 Å². The van der Waals surface area contributed by atoms with Crippen molar-refractivity contribution in [2.75, 3.05) is 0 Å². The highest BCUT2D eigenvalue weighted by Crippen LogP contribution is 2.44. The summed E-state index contributed by atoms with van der Waals surface area (Å²) < 4.78 is 0. The van der Waals surface area contributed by atoms with Gasteiger partial charge in [-0.3, -0.25) is 4.98 Å². The van der Waals surface area contributed by atoms with Gasteiger partial charge < -0.3 is 0 Å². The van der Waals surface area contributed by atoms with E-state index < -0.39 is 0 Å². The topological polar surface area (TPSA) is 51.6 Å². The van der Waals surface area contributed by atoms with Crippen LogP contribution in [0.3, 0.4) is 0 Å². The lowest BCUT2D eigenvalue weighted by molar-refractivity contribution is 1.08. The van der Waals surface area contributed by atoms with E-state index in [2.05, 4.69) is 126 Å². The zero-order valence-corrected chi connectivity index (χ0v) is 28.0. The minimum absolute atomic E-state index is 0.626. The van der Waals surface area contributed by atoms with Gasteiger partial charge in [0, 0.05) is 29.1 Å². The summed E-state index contributed by atoms with van der Waals surface area (Å²) in [5, 5.41) is 14.8. The normalized spacial score (nSPS) is 11.8. The third-order valence-corrected chi connectivity index (χ3v) is 10.5. The van der Waals surface area contributed by atoms with E-state index in [1.54, 1.807) is 0 Å². The molecule has 0 bridgehead atoms. The Kier molecular flexibility index (Phi) is 6.22. The molecule has 0 N–H and O–H groups in total. The molecule has 4 nitrogen and oxygen atoms in total. The van der Waals surface area contributed by atoms with Gasteiger partial charge in [-0.1, -0.05) is 133 Å². The number of hydrogen-bond donors (Lipinski definition) is 0. The van der Waals surface area contributed by atoms with Crippen LogP contribution in [0.2, 0.25) is 0 Å². The van der Waals surface area contributed by atoms with Gasteiger partial charge in [-0.05, 0) is 100 Å². The van der Waals surface area contributed by atoms with Crippen molar-refractivity contribution in [1.29, 1.82) is 0 Å². The highest BCUT2D eigenvalue weighted by atomic mass is 15.0. The fraction of sp³-hybridized carbons (Fsp3) is 0. The molecule has 0 aliphatic heterocycles. The van der Waals surface area contributed by atoms with Crippen molar-refractivity contribution < 1.29 is 0 Å². The summed E-state index contributed by atoms with van der Waals surface area (Å²) in [6, 6.07) is 56.2. The molecular formula is C48H28N4. The third-order valence-electron chi connectivity index (χ3n) is 10.5. The van der Waals surface area contributed by atoms with Crippen LogP contribution in [0.15, 0.2) is 170 Å². The Morgan fingerprint density at radius 1 is 0.288 bits per heavy atom. The molecule has 0 aliphatic carbocycles. The first-order valence-electron chi connectivity index (χ1n) is 17.5. The molecule has 0 saturated carbocycles.